The first-order valence-electron chi connectivity index (χ1n) is 7.91. The van der Waals surface area contributed by atoms with Crippen molar-refractivity contribution in [3.05, 3.63) is 21.4 Å². The van der Waals surface area contributed by atoms with E-state index in [-0.39, 0.29) is 0 Å². The molecule has 0 amide bonds. The number of aryl methyl sites for hydroxylation is 2. The van der Waals surface area contributed by atoms with E-state index >= 15 is 0 Å². The van der Waals surface area contributed by atoms with Gasteiger partial charge in [-0.05, 0) is 64.1 Å². The molecule has 0 unspecified atom stereocenters. The number of piperidine rings is 1. The molecule has 0 bridgehead atoms. The van der Waals surface area contributed by atoms with E-state index in [0.717, 1.165) is 18.7 Å². The first-order valence-corrected chi connectivity index (χ1v) is 8.72. The minimum absolute atomic E-state index is 0.314. The van der Waals surface area contributed by atoms with Crippen LogP contribution in [0.1, 0.15) is 58.6 Å². The maximum atomic E-state index is 12.4. The molecule has 1 aromatic rings. The van der Waals surface area contributed by atoms with E-state index in [9.17, 15) is 4.79 Å². The molecule has 0 N–H and O–H groups in total. The summed E-state index contributed by atoms with van der Waals surface area (Å²) in [5, 5.41) is 0. The van der Waals surface area contributed by atoms with Gasteiger partial charge in [-0.3, -0.25) is 9.69 Å². The van der Waals surface area contributed by atoms with Gasteiger partial charge in [-0.1, -0.05) is 12.8 Å². The Morgan fingerprint density at radius 3 is 2.40 bits per heavy atom. The van der Waals surface area contributed by atoms with Gasteiger partial charge in [0.15, 0.2) is 5.78 Å². The molecular weight excluding hydrogens is 266 g/mol. The van der Waals surface area contributed by atoms with Crippen LogP contribution in [0.4, 0.5) is 0 Å². The highest BCUT2D eigenvalue weighted by Gasteiger charge is 2.37. The fourth-order valence-corrected chi connectivity index (χ4v) is 4.95. The second kappa shape index (κ2) is 5.61. The Morgan fingerprint density at radius 2 is 1.85 bits per heavy atom. The number of Topliss-reactive ketones (excluding diaryl/α,β-unsaturated/α-hetero) is 1. The SMILES string of the molecule is Cc1cc(C(=O)CN2CCC3(CCCC3)CC2)c(C)s1. The zero-order valence-corrected chi connectivity index (χ0v) is 13.5. The van der Waals surface area contributed by atoms with Crippen LogP contribution in [0.3, 0.4) is 0 Å². The van der Waals surface area contributed by atoms with Crippen LogP contribution in [0, 0.1) is 19.3 Å². The van der Waals surface area contributed by atoms with Crippen LogP contribution < -0.4 is 0 Å². The molecule has 110 valence electrons. The number of carbonyl (C=O) groups is 1. The summed E-state index contributed by atoms with van der Waals surface area (Å²) in [5.41, 5.74) is 1.60. The lowest BCUT2D eigenvalue weighted by Crippen LogP contribution is -2.41. The molecule has 2 aliphatic rings. The van der Waals surface area contributed by atoms with Gasteiger partial charge in [-0.25, -0.2) is 0 Å². The minimum Gasteiger partial charge on any atom is -0.296 e. The van der Waals surface area contributed by atoms with Crippen molar-refractivity contribution >= 4 is 17.1 Å². The van der Waals surface area contributed by atoms with E-state index in [1.807, 2.05) is 0 Å². The van der Waals surface area contributed by atoms with Gasteiger partial charge in [0, 0.05) is 15.3 Å². The first-order chi connectivity index (χ1) is 9.58. The summed E-state index contributed by atoms with van der Waals surface area (Å²) < 4.78 is 0. The van der Waals surface area contributed by atoms with Crippen molar-refractivity contribution in [3.63, 3.8) is 0 Å². The van der Waals surface area contributed by atoms with Gasteiger partial charge < -0.3 is 0 Å². The van der Waals surface area contributed by atoms with Gasteiger partial charge in [-0.2, -0.15) is 0 Å². The summed E-state index contributed by atoms with van der Waals surface area (Å²) in [7, 11) is 0. The standard InChI is InChI=1S/C17H25NOS/c1-13-11-15(14(2)20-13)16(19)12-18-9-7-17(8-10-18)5-3-4-6-17/h11H,3-10,12H2,1-2H3. The van der Waals surface area contributed by atoms with E-state index < -0.39 is 0 Å². The Morgan fingerprint density at radius 1 is 1.20 bits per heavy atom. The number of nitrogens with zero attached hydrogens (tertiary/aromatic N) is 1. The van der Waals surface area contributed by atoms with E-state index in [1.165, 1.54) is 48.3 Å². The maximum Gasteiger partial charge on any atom is 0.177 e. The second-order valence-electron chi connectivity index (χ2n) is 6.73. The van der Waals surface area contributed by atoms with Crippen LogP contribution in [0.5, 0.6) is 0 Å². The number of thiophene rings is 1. The smallest absolute Gasteiger partial charge is 0.177 e. The highest BCUT2D eigenvalue weighted by molar-refractivity contribution is 7.12. The number of hydrogen-bond acceptors (Lipinski definition) is 3. The van der Waals surface area contributed by atoms with Gasteiger partial charge in [0.25, 0.3) is 0 Å². The molecule has 3 heteroatoms. The molecule has 0 aromatic carbocycles. The third-order valence-corrected chi connectivity index (χ3v) is 6.26. The predicted octanol–water partition coefficient (Wildman–Crippen LogP) is 4.20. The second-order valence-corrected chi connectivity index (χ2v) is 8.19. The van der Waals surface area contributed by atoms with Gasteiger partial charge in [0.05, 0.1) is 6.54 Å². The lowest BCUT2D eigenvalue weighted by molar-refractivity contribution is 0.0797. The molecule has 1 spiro atoms. The van der Waals surface area contributed by atoms with Crippen LogP contribution in [0.25, 0.3) is 0 Å². The maximum absolute atomic E-state index is 12.4. The van der Waals surface area contributed by atoms with Crippen LogP contribution in [0.15, 0.2) is 6.07 Å². The number of hydrogen-bond donors (Lipinski definition) is 0. The normalized spacial score (nSPS) is 22.5. The van der Waals surface area contributed by atoms with Crippen molar-refractivity contribution in [2.75, 3.05) is 19.6 Å². The lowest BCUT2D eigenvalue weighted by atomic mass is 9.77. The predicted molar refractivity (Wildman–Crippen MR) is 84.7 cm³/mol. The van der Waals surface area contributed by atoms with Crippen molar-refractivity contribution in [2.24, 2.45) is 5.41 Å². The third-order valence-electron chi connectivity index (χ3n) is 5.29. The third kappa shape index (κ3) is 2.84. The van der Waals surface area contributed by atoms with Crippen LogP contribution in [-0.4, -0.2) is 30.3 Å². The molecule has 20 heavy (non-hydrogen) atoms. The minimum atomic E-state index is 0.314. The monoisotopic (exact) mass is 291 g/mol. The molecule has 2 heterocycles. The van der Waals surface area contributed by atoms with Gasteiger partial charge in [0.2, 0.25) is 0 Å². The zero-order valence-electron chi connectivity index (χ0n) is 12.7. The topological polar surface area (TPSA) is 20.3 Å². The average molecular weight is 291 g/mol. The summed E-state index contributed by atoms with van der Waals surface area (Å²) in [6.45, 7) is 7.00. The highest BCUT2D eigenvalue weighted by atomic mass is 32.1. The molecule has 2 nitrogen and oxygen atoms in total. The van der Waals surface area contributed by atoms with Gasteiger partial charge >= 0.3 is 0 Å². The Kier molecular flexibility index (Phi) is 4.00. The molecule has 1 aromatic heterocycles. The number of ketones is 1. The molecule has 1 aliphatic heterocycles. The van der Waals surface area contributed by atoms with Crippen LogP contribution >= 0.6 is 11.3 Å². The van der Waals surface area contributed by atoms with Crippen molar-refractivity contribution in [3.8, 4) is 0 Å². The molecule has 1 saturated heterocycles. The van der Waals surface area contributed by atoms with E-state index in [2.05, 4.69) is 24.8 Å². The van der Waals surface area contributed by atoms with Crippen molar-refractivity contribution in [1.29, 1.82) is 0 Å². The van der Waals surface area contributed by atoms with Crippen molar-refractivity contribution < 1.29 is 4.79 Å². The molecule has 3 rings (SSSR count). The van der Waals surface area contributed by atoms with Crippen molar-refractivity contribution in [2.45, 2.75) is 52.4 Å². The molecular formula is C17H25NOS. The highest BCUT2D eigenvalue weighted by Crippen LogP contribution is 2.46. The fourth-order valence-electron chi connectivity index (χ4n) is 4.01. The summed E-state index contributed by atoms with van der Waals surface area (Å²) in [6.07, 6.45) is 8.32. The molecule has 1 saturated carbocycles. The molecule has 1 aliphatic carbocycles. The molecule has 0 atom stereocenters. The largest absolute Gasteiger partial charge is 0.296 e. The van der Waals surface area contributed by atoms with E-state index in [1.54, 1.807) is 11.3 Å². The van der Waals surface area contributed by atoms with E-state index in [0.29, 0.717) is 17.7 Å². The lowest BCUT2D eigenvalue weighted by Gasteiger charge is -2.39. The Balaban J connectivity index is 1.57. The number of carbonyl (C=O) groups excluding carboxylic acids is 1. The van der Waals surface area contributed by atoms with Crippen molar-refractivity contribution in [1.82, 2.24) is 4.90 Å². The Bertz CT molecular complexity index is 489. The zero-order chi connectivity index (χ0) is 14.2. The average Bonchev–Trinajstić information content (AvgIpc) is 3.00. The van der Waals surface area contributed by atoms with Gasteiger partial charge in [-0.15, -0.1) is 11.3 Å². The fraction of sp³-hybridized carbons (Fsp3) is 0.706. The van der Waals surface area contributed by atoms with Gasteiger partial charge in [0.1, 0.15) is 0 Å². The molecule has 0 radical (unpaired) electrons. The first kappa shape index (κ1) is 14.3. The summed E-state index contributed by atoms with van der Waals surface area (Å²) in [5.74, 6) is 0.314. The number of likely N-dealkylation sites (tertiary alicyclic amines) is 1. The summed E-state index contributed by atoms with van der Waals surface area (Å²) >= 11 is 1.74. The number of rotatable bonds is 3. The quantitative estimate of drug-likeness (QED) is 0.778. The van der Waals surface area contributed by atoms with E-state index in [4.69, 9.17) is 0 Å². The summed E-state index contributed by atoms with van der Waals surface area (Å²) in [4.78, 5) is 17.2. The summed E-state index contributed by atoms with van der Waals surface area (Å²) in [6, 6.07) is 2.06. The van der Waals surface area contributed by atoms with Crippen LogP contribution in [-0.2, 0) is 0 Å². The Hall–Kier alpha value is -0.670. The van der Waals surface area contributed by atoms with Crippen LogP contribution in [0.2, 0.25) is 0 Å². The Labute approximate surface area is 126 Å². The molecule has 2 fully saturated rings.